The van der Waals surface area contributed by atoms with Gasteiger partial charge in [0.2, 0.25) is 10.0 Å². The predicted molar refractivity (Wildman–Crippen MR) is 93.9 cm³/mol. The Morgan fingerprint density at radius 1 is 0.857 bits per heavy atom. The largest absolute Gasteiger partial charge is 0.394 e. The number of sulfonamides is 1. The molecule has 0 heterocycles. The van der Waals surface area contributed by atoms with Crippen LogP contribution in [0.3, 0.4) is 0 Å². The van der Waals surface area contributed by atoms with E-state index >= 15 is 0 Å². The fraction of sp³-hybridized carbons (Fsp3) is 0.538. The van der Waals surface area contributed by atoms with Crippen LogP contribution in [-0.2, 0) is 20.1 Å². The van der Waals surface area contributed by atoms with Crippen LogP contribution in [-0.4, -0.2) is 95.2 Å². The Hall–Kier alpha value is -1.40. The zero-order chi connectivity index (χ0) is 21.7. The highest BCUT2D eigenvalue weighted by Crippen LogP contribution is 2.19. The van der Waals surface area contributed by atoms with Gasteiger partial charge in [0.15, 0.2) is 5.37 Å². The fourth-order valence-corrected chi connectivity index (χ4v) is 3.75. The van der Waals surface area contributed by atoms with Crippen molar-refractivity contribution < 1.29 is 52.0 Å². The van der Waals surface area contributed by atoms with E-state index in [4.69, 9.17) is 10.2 Å². The van der Waals surface area contributed by atoms with Gasteiger partial charge in [-0.25, -0.2) is 8.42 Å². The molecule has 0 fully saturated rings. The lowest BCUT2D eigenvalue weighted by atomic mass is 10.0. The van der Waals surface area contributed by atoms with Gasteiger partial charge in [-0.3, -0.25) is 4.55 Å². The van der Waals surface area contributed by atoms with E-state index in [2.05, 4.69) is 5.32 Å². The van der Waals surface area contributed by atoms with Crippen LogP contribution in [0.15, 0.2) is 29.2 Å². The molecule has 0 aliphatic heterocycles. The van der Waals surface area contributed by atoms with E-state index in [1.54, 1.807) is 0 Å². The van der Waals surface area contributed by atoms with Gasteiger partial charge >= 0.3 is 0 Å². The van der Waals surface area contributed by atoms with Crippen LogP contribution in [0.25, 0.3) is 0 Å². The highest BCUT2D eigenvalue weighted by Gasteiger charge is 2.40. The SMILES string of the molecule is O=S(=O)(NCO)c1ccc(NC([C@@H](O)[C@H](O)[C@@H](O)[C@@H](O)CO)S(=O)(=O)O)cc1. The molecular formula is C13H22N2O11S2. The molecular weight excluding hydrogens is 424 g/mol. The zero-order valence-corrected chi connectivity index (χ0v) is 15.8. The van der Waals surface area contributed by atoms with E-state index in [0.717, 1.165) is 24.3 Å². The molecule has 0 aliphatic rings. The van der Waals surface area contributed by atoms with Crippen molar-refractivity contribution in [3.8, 4) is 0 Å². The summed E-state index contributed by atoms with van der Waals surface area (Å²) >= 11 is 0. The molecule has 0 saturated heterocycles. The number of rotatable bonds is 11. The van der Waals surface area contributed by atoms with Crippen molar-refractivity contribution in [2.75, 3.05) is 18.7 Å². The maximum atomic E-state index is 11.7. The van der Waals surface area contributed by atoms with Gasteiger partial charge in [0, 0.05) is 5.69 Å². The minimum Gasteiger partial charge on any atom is -0.394 e. The summed E-state index contributed by atoms with van der Waals surface area (Å²) in [4.78, 5) is -0.280. The number of aliphatic hydroxyl groups is 6. The van der Waals surface area contributed by atoms with Crippen molar-refractivity contribution in [2.45, 2.75) is 34.7 Å². The van der Waals surface area contributed by atoms with Gasteiger partial charge < -0.3 is 36.0 Å². The predicted octanol–water partition coefficient (Wildman–Crippen LogP) is -4.02. The quantitative estimate of drug-likeness (QED) is 0.117. The first kappa shape index (κ1) is 24.6. The number of anilines is 1. The van der Waals surface area contributed by atoms with Crippen molar-refractivity contribution in [2.24, 2.45) is 0 Å². The molecule has 5 atom stereocenters. The number of hydrogen-bond donors (Lipinski definition) is 9. The third kappa shape index (κ3) is 6.31. The lowest BCUT2D eigenvalue weighted by Gasteiger charge is -2.30. The maximum Gasteiger partial charge on any atom is 0.288 e. The smallest absolute Gasteiger partial charge is 0.288 e. The minimum absolute atomic E-state index is 0.103. The Balaban J connectivity index is 3.08. The molecule has 0 aliphatic carbocycles. The number of nitrogens with one attached hydrogen (secondary N) is 2. The molecule has 0 amide bonds. The van der Waals surface area contributed by atoms with Crippen LogP contribution in [0.5, 0.6) is 0 Å². The van der Waals surface area contributed by atoms with Gasteiger partial charge in [0.1, 0.15) is 31.1 Å². The van der Waals surface area contributed by atoms with Crippen molar-refractivity contribution in [3.05, 3.63) is 24.3 Å². The first-order chi connectivity index (χ1) is 12.8. The Labute approximate surface area is 160 Å². The molecule has 15 heteroatoms. The molecule has 13 nitrogen and oxygen atoms in total. The molecule has 1 unspecified atom stereocenters. The number of hydrogen-bond acceptors (Lipinski definition) is 11. The molecule has 1 aromatic rings. The topological polar surface area (TPSA) is 234 Å². The number of aliphatic hydroxyl groups excluding tert-OH is 6. The van der Waals surface area contributed by atoms with Crippen molar-refractivity contribution in [3.63, 3.8) is 0 Å². The van der Waals surface area contributed by atoms with E-state index in [9.17, 15) is 41.8 Å². The highest BCUT2D eigenvalue weighted by molar-refractivity contribution is 7.89. The van der Waals surface area contributed by atoms with E-state index in [0.29, 0.717) is 0 Å². The lowest BCUT2D eigenvalue weighted by Crippen LogP contribution is -2.54. The summed E-state index contributed by atoms with van der Waals surface area (Å²) in [5, 5.41) is 56.0. The van der Waals surface area contributed by atoms with Gasteiger partial charge in [-0.05, 0) is 24.3 Å². The van der Waals surface area contributed by atoms with Crippen LogP contribution < -0.4 is 10.0 Å². The molecule has 0 aromatic heterocycles. The van der Waals surface area contributed by atoms with Crippen LogP contribution in [0, 0.1) is 0 Å². The maximum absolute atomic E-state index is 11.7. The van der Waals surface area contributed by atoms with Gasteiger partial charge in [-0.2, -0.15) is 13.1 Å². The Bertz CT molecular complexity index is 829. The molecule has 9 N–H and O–H groups in total. The molecule has 0 saturated carbocycles. The molecule has 162 valence electrons. The van der Waals surface area contributed by atoms with Gasteiger partial charge in [0.05, 0.1) is 11.5 Å². The van der Waals surface area contributed by atoms with Crippen LogP contribution >= 0.6 is 0 Å². The monoisotopic (exact) mass is 446 g/mol. The second-order valence-electron chi connectivity index (χ2n) is 5.63. The fourth-order valence-electron chi connectivity index (χ4n) is 2.12. The lowest BCUT2D eigenvalue weighted by molar-refractivity contribution is -0.114. The van der Waals surface area contributed by atoms with E-state index < -0.39 is 63.3 Å². The van der Waals surface area contributed by atoms with E-state index in [1.807, 2.05) is 4.72 Å². The second kappa shape index (κ2) is 9.88. The highest BCUT2D eigenvalue weighted by atomic mass is 32.2. The summed E-state index contributed by atoms with van der Waals surface area (Å²) in [5.41, 5.74) is -0.103. The van der Waals surface area contributed by atoms with Crippen LogP contribution in [0.4, 0.5) is 5.69 Å². The van der Waals surface area contributed by atoms with Crippen molar-refractivity contribution in [1.82, 2.24) is 4.72 Å². The minimum atomic E-state index is -5.06. The summed E-state index contributed by atoms with van der Waals surface area (Å²) in [6.07, 6.45) is -8.67. The molecule has 28 heavy (non-hydrogen) atoms. The summed E-state index contributed by atoms with van der Waals surface area (Å²) < 4.78 is 57.6. The molecule has 0 spiro atoms. The van der Waals surface area contributed by atoms with Gasteiger partial charge in [0.25, 0.3) is 10.1 Å². The molecule has 0 radical (unpaired) electrons. The standard InChI is InChI=1S/C13H22N2O11S2/c16-5-9(18)10(19)11(20)12(21)13(28(24,25)26)15-7-1-3-8(4-2-7)27(22,23)14-6-17/h1-4,9-21H,5-6H2,(H,24,25,26)/t9-,10-,11+,12-,13?/m0/s1. The van der Waals surface area contributed by atoms with Crippen LogP contribution in [0.2, 0.25) is 0 Å². The van der Waals surface area contributed by atoms with Crippen molar-refractivity contribution >= 4 is 25.8 Å². The normalized spacial score (nSPS) is 18.1. The average molecular weight is 446 g/mol. The van der Waals surface area contributed by atoms with E-state index in [1.165, 1.54) is 0 Å². The Morgan fingerprint density at radius 3 is 1.82 bits per heavy atom. The first-order valence-corrected chi connectivity index (χ1v) is 10.6. The first-order valence-electron chi connectivity index (χ1n) is 7.61. The second-order valence-corrected chi connectivity index (χ2v) is 8.94. The summed E-state index contributed by atoms with van der Waals surface area (Å²) in [5.74, 6) is 0. The third-order valence-corrected chi connectivity index (χ3v) is 6.08. The Morgan fingerprint density at radius 2 is 1.39 bits per heavy atom. The van der Waals surface area contributed by atoms with Gasteiger partial charge in [-0.15, -0.1) is 0 Å². The van der Waals surface area contributed by atoms with E-state index in [-0.39, 0.29) is 10.6 Å². The molecule has 1 rings (SSSR count). The average Bonchev–Trinajstić information content (AvgIpc) is 2.63. The Kier molecular flexibility index (Phi) is 8.69. The number of benzene rings is 1. The summed E-state index contributed by atoms with van der Waals surface area (Å²) in [7, 11) is -9.07. The summed E-state index contributed by atoms with van der Waals surface area (Å²) in [6, 6.07) is 4.19. The molecule has 1 aromatic carbocycles. The molecule has 0 bridgehead atoms. The zero-order valence-electron chi connectivity index (χ0n) is 14.2. The third-order valence-electron chi connectivity index (χ3n) is 3.64. The summed E-state index contributed by atoms with van der Waals surface area (Å²) in [6.45, 7) is -1.84. The van der Waals surface area contributed by atoms with Gasteiger partial charge in [-0.1, -0.05) is 0 Å². The van der Waals surface area contributed by atoms with Crippen molar-refractivity contribution in [1.29, 1.82) is 0 Å². The van der Waals surface area contributed by atoms with Crippen LogP contribution in [0.1, 0.15) is 0 Å².